The molecule has 2 saturated heterocycles. The molecule has 2 amide bonds. The van der Waals surface area contributed by atoms with E-state index >= 15 is 0 Å². The van der Waals surface area contributed by atoms with Crippen LogP contribution in [0.2, 0.25) is 0 Å². The number of nitrogens with zero attached hydrogens (tertiary/aromatic N) is 3. The maximum Gasteiger partial charge on any atom is 0.319 e. The number of urea groups is 1. The van der Waals surface area contributed by atoms with Gasteiger partial charge in [0.2, 0.25) is 0 Å². The maximum atomic E-state index is 12.3. The number of carbonyl (C=O) groups excluding carboxylic acids is 1. The van der Waals surface area contributed by atoms with E-state index in [1.807, 2.05) is 4.90 Å². The molecule has 0 aromatic rings. The van der Waals surface area contributed by atoms with Crippen LogP contribution in [-0.4, -0.2) is 77.6 Å². The molecule has 0 saturated carbocycles. The molecule has 1 N–H and O–H groups in total. The third-order valence-electron chi connectivity index (χ3n) is 4.06. The van der Waals surface area contributed by atoms with Crippen molar-refractivity contribution in [2.24, 2.45) is 0 Å². The first kappa shape index (κ1) is 14.1. The van der Waals surface area contributed by atoms with E-state index in [0.717, 1.165) is 32.6 Å². The highest BCUT2D eigenvalue weighted by atomic mass is 16.4. The monoisotopic (exact) mass is 269 g/mol. The van der Waals surface area contributed by atoms with Gasteiger partial charge in [0.25, 0.3) is 0 Å². The van der Waals surface area contributed by atoms with E-state index in [0.29, 0.717) is 6.04 Å². The van der Waals surface area contributed by atoms with Crippen LogP contribution in [-0.2, 0) is 4.79 Å². The van der Waals surface area contributed by atoms with E-state index < -0.39 is 5.97 Å². The smallest absolute Gasteiger partial charge is 0.319 e. The Labute approximate surface area is 114 Å². The van der Waals surface area contributed by atoms with Crippen molar-refractivity contribution in [2.45, 2.75) is 31.7 Å². The molecule has 1 unspecified atom stereocenters. The van der Waals surface area contributed by atoms with Crippen molar-refractivity contribution in [1.82, 2.24) is 14.7 Å². The van der Waals surface area contributed by atoms with Crippen molar-refractivity contribution in [2.75, 3.05) is 39.8 Å². The highest BCUT2D eigenvalue weighted by Crippen LogP contribution is 2.21. The molecule has 2 aliphatic rings. The summed E-state index contributed by atoms with van der Waals surface area (Å²) in [6.45, 7) is 4.08. The van der Waals surface area contributed by atoms with Gasteiger partial charge in [-0.25, -0.2) is 4.79 Å². The number of carboxylic acid groups (broad SMARTS) is 1. The summed E-state index contributed by atoms with van der Waals surface area (Å²) in [4.78, 5) is 28.7. The predicted molar refractivity (Wildman–Crippen MR) is 71.1 cm³/mol. The Kier molecular flexibility index (Phi) is 4.63. The second kappa shape index (κ2) is 6.23. The summed E-state index contributed by atoms with van der Waals surface area (Å²) in [6.07, 6.45) is 3.41. The minimum atomic E-state index is -0.863. The SMILES string of the molecule is CN(CCC(=O)O)C(=O)N1CCCN2CCCC2C1. The van der Waals surface area contributed by atoms with Gasteiger partial charge in [0, 0.05) is 39.3 Å². The van der Waals surface area contributed by atoms with Gasteiger partial charge in [0.1, 0.15) is 0 Å². The first-order valence-corrected chi connectivity index (χ1v) is 7.04. The van der Waals surface area contributed by atoms with Gasteiger partial charge in [-0.1, -0.05) is 0 Å². The van der Waals surface area contributed by atoms with Crippen LogP contribution in [0.3, 0.4) is 0 Å². The molecular formula is C13H23N3O3. The molecule has 1 atom stereocenters. The molecule has 2 aliphatic heterocycles. The van der Waals surface area contributed by atoms with Gasteiger partial charge in [0.05, 0.1) is 6.42 Å². The summed E-state index contributed by atoms with van der Waals surface area (Å²) in [7, 11) is 1.68. The summed E-state index contributed by atoms with van der Waals surface area (Å²) in [5.74, 6) is -0.863. The molecule has 6 heteroatoms. The number of aliphatic carboxylic acids is 1. The van der Waals surface area contributed by atoms with Crippen LogP contribution in [0.25, 0.3) is 0 Å². The van der Waals surface area contributed by atoms with Crippen LogP contribution in [0.1, 0.15) is 25.7 Å². The molecule has 2 rings (SSSR count). The molecule has 0 aliphatic carbocycles. The lowest BCUT2D eigenvalue weighted by Gasteiger charge is -2.29. The van der Waals surface area contributed by atoms with E-state index in [1.165, 1.54) is 17.7 Å². The first-order valence-electron chi connectivity index (χ1n) is 7.04. The van der Waals surface area contributed by atoms with Gasteiger partial charge < -0.3 is 14.9 Å². The zero-order valence-corrected chi connectivity index (χ0v) is 11.5. The van der Waals surface area contributed by atoms with Gasteiger partial charge in [-0.2, -0.15) is 0 Å². The molecule has 6 nitrogen and oxygen atoms in total. The topological polar surface area (TPSA) is 64.1 Å². The van der Waals surface area contributed by atoms with Crippen molar-refractivity contribution in [3.63, 3.8) is 0 Å². The summed E-state index contributed by atoms with van der Waals surface area (Å²) in [5, 5.41) is 8.66. The number of hydrogen-bond acceptors (Lipinski definition) is 3. The van der Waals surface area contributed by atoms with Crippen LogP contribution in [0.4, 0.5) is 4.79 Å². The fourth-order valence-corrected chi connectivity index (χ4v) is 2.98. The molecule has 108 valence electrons. The minimum Gasteiger partial charge on any atom is -0.481 e. The van der Waals surface area contributed by atoms with E-state index in [9.17, 15) is 9.59 Å². The maximum absolute atomic E-state index is 12.3. The van der Waals surface area contributed by atoms with Gasteiger partial charge in [-0.15, -0.1) is 0 Å². The normalized spacial score (nSPS) is 23.8. The summed E-state index contributed by atoms with van der Waals surface area (Å²) >= 11 is 0. The number of rotatable bonds is 3. The Morgan fingerprint density at radius 2 is 2.00 bits per heavy atom. The van der Waals surface area contributed by atoms with Crippen LogP contribution in [0.15, 0.2) is 0 Å². The van der Waals surface area contributed by atoms with Crippen molar-refractivity contribution < 1.29 is 14.7 Å². The van der Waals surface area contributed by atoms with Crippen LogP contribution >= 0.6 is 0 Å². The Balaban J connectivity index is 1.88. The molecule has 19 heavy (non-hydrogen) atoms. The molecule has 0 bridgehead atoms. The molecule has 0 spiro atoms. The number of amides is 2. The number of carbonyl (C=O) groups is 2. The minimum absolute atomic E-state index is 0.00559. The fourth-order valence-electron chi connectivity index (χ4n) is 2.98. The van der Waals surface area contributed by atoms with Crippen LogP contribution in [0.5, 0.6) is 0 Å². The Morgan fingerprint density at radius 1 is 1.26 bits per heavy atom. The molecule has 0 radical (unpaired) electrons. The van der Waals surface area contributed by atoms with Gasteiger partial charge in [-0.05, 0) is 25.8 Å². The average Bonchev–Trinajstić information content (AvgIpc) is 2.72. The van der Waals surface area contributed by atoms with Crippen LogP contribution < -0.4 is 0 Å². The van der Waals surface area contributed by atoms with E-state index in [-0.39, 0.29) is 19.0 Å². The summed E-state index contributed by atoms with van der Waals surface area (Å²) in [5.41, 5.74) is 0. The molecule has 2 fully saturated rings. The molecule has 0 aromatic carbocycles. The molecular weight excluding hydrogens is 246 g/mol. The Morgan fingerprint density at radius 3 is 2.74 bits per heavy atom. The lowest BCUT2D eigenvalue weighted by Crippen LogP contribution is -2.45. The zero-order valence-electron chi connectivity index (χ0n) is 11.5. The standard InChI is InChI=1S/C13H23N3O3/c1-14(9-5-12(17)18)13(19)16-8-3-7-15-6-2-4-11(15)10-16/h11H,2-10H2,1H3,(H,17,18). The van der Waals surface area contributed by atoms with Crippen molar-refractivity contribution >= 4 is 12.0 Å². The third-order valence-corrected chi connectivity index (χ3v) is 4.06. The largest absolute Gasteiger partial charge is 0.481 e. The molecule has 0 aromatic heterocycles. The van der Waals surface area contributed by atoms with E-state index in [4.69, 9.17) is 5.11 Å². The quantitative estimate of drug-likeness (QED) is 0.818. The lowest BCUT2D eigenvalue weighted by atomic mass is 10.2. The highest BCUT2D eigenvalue weighted by Gasteiger charge is 2.31. The lowest BCUT2D eigenvalue weighted by molar-refractivity contribution is -0.137. The van der Waals surface area contributed by atoms with Crippen molar-refractivity contribution in [1.29, 1.82) is 0 Å². The zero-order chi connectivity index (χ0) is 13.8. The number of fused-ring (bicyclic) bond motifs is 1. The van der Waals surface area contributed by atoms with Crippen molar-refractivity contribution in [3.8, 4) is 0 Å². The Hall–Kier alpha value is -1.30. The van der Waals surface area contributed by atoms with Gasteiger partial charge in [-0.3, -0.25) is 9.69 Å². The molecule has 2 heterocycles. The van der Waals surface area contributed by atoms with Crippen LogP contribution in [0, 0.1) is 0 Å². The van der Waals surface area contributed by atoms with E-state index in [1.54, 1.807) is 7.05 Å². The summed E-state index contributed by atoms with van der Waals surface area (Å²) < 4.78 is 0. The van der Waals surface area contributed by atoms with Gasteiger partial charge in [0.15, 0.2) is 0 Å². The first-order chi connectivity index (χ1) is 9.08. The van der Waals surface area contributed by atoms with Crippen molar-refractivity contribution in [3.05, 3.63) is 0 Å². The highest BCUT2D eigenvalue weighted by molar-refractivity contribution is 5.75. The second-order valence-corrected chi connectivity index (χ2v) is 5.48. The summed E-state index contributed by atoms with van der Waals surface area (Å²) in [6, 6.07) is 0.467. The third kappa shape index (κ3) is 3.59. The van der Waals surface area contributed by atoms with Gasteiger partial charge >= 0.3 is 12.0 Å². The number of carboxylic acids is 1. The number of hydrogen-bond donors (Lipinski definition) is 1. The second-order valence-electron chi connectivity index (χ2n) is 5.48. The Bertz CT molecular complexity index is 348. The van der Waals surface area contributed by atoms with E-state index in [2.05, 4.69) is 4.90 Å². The average molecular weight is 269 g/mol. The fraction of sp³-hybridized carbons (Fsp3) is 0.846. The predicted octanol–water partition coefficient (Wildman–Crippen LogP) is 0.683.